The summed E-state index contributed by atoms with van der Waals surface area (Å²) in [5.41, 5.74) is 2.93. The topological polar surface area (TPSA) is 76.0 Å². The minimum Gasteiger partial charge on any atom is -0.494 e. The molecule has 1 aromatic heterocycles. The standard InChI is InChI=1S/C25H29NO6/c1-6-29-19-11-9-18(10-12-19)26-16(4)23(25(28)31-8-3)21-15-20(13-14-22(21)26)32-17(5)24(27)30-7-2/h9-15,17H,6-8H2,1-5H3. The first kappa shape index (κ1) is 23.2. The van der Waals surface area contributed by atoms with Crippen LogP contribution in [0.1, 0.15) is 43.7 Å². The van der Waals surface area contributed by atoms with Gasteiger partial charge in [-0.2, -0.15) is 0 Å². The number of aromatic nitrogens is 1. The molecule has 7 nitrogen and oxygen atoms in total. The second-order valence-electron chi connectivity index (χ2n) is 7.13. The fraction of sp³-hybridized carbons (Fsp3) is 0.360. The second kappa shape index (κ2) is 10.2. The van der Waals surface area contributed by atoms with E-state index < -0.39 is 18.0 Å². The van der Waals surface area contributed by atoms with Crippen LogP contribution in [0.4, 0.5) is 0 Å². The summed E-state index contributed by atoms with van der Waals surface area (Å²) in [4.78, 5) is 24.8. The Kier molecular flexibility index (Phi) is 7.41. The van der Waals surface area contributed by atoms with Crippen LogP contribution in [0.2, 0.25) is 0 Å². The van der Waals surface area contributed by atoms with Crippen molar-refractivity contribution in [2.24, 2.45) is 0 Å². The zero-order valence-corrected chi connectivity index (χ0v) is 19.1. The molecule has 0 saturated heterocycles. The van der Waals surface area contributed by atoms with Crippen molar-refractivity contribution < 1.29 is 28.5 Å². The molecule has 3 aromatic rings. The number of hydrogen-bond donors (Lipinski definition) is 0. The van der Waals surface area contributed by atoms with Gasteiger partial charge in [0.2, 0.25) is 0 Å². The van der Waals surface area contributed by atoms with Gasteiger partial charge in [0.25, 0.3) is 0 Å². The van der Waals surface area contributed by atoms with E-state index in [1.165, 1.54) is 0 Å². The summed E-state index contributed by atoms with van der Waals surface area (Å²) in [7, 11) is 0. The molecule has 1 atom stereocenters. The van der Waals surface area contributed by atoms with Gasteiger partial charge in [-0.15, -0.1) is 0 Å². The Morgan fingerprint density at radius 2 is 1.56 bits per heavy atom. The molecular formula is C25H29NO6. The molecule has 0 spiro atoms. The van der Waals surface area contributed by atoms with Gasteiger partial charge in [-0.3, -0.25) is 0 Å². The molecule has 7 heteroatoms. The van der Waals surface area contributed by atoms with Crippen LogP contribution >= 0.6 is 0 Å². The fourth-order valence-corrected chi connectivity index (χ4v) is 3.63. The van der Waals surface area contributed by atoms with Crippen molar-refractivity contribution >= 4 is 22.8 Å². The molecule has 1 unspecified atom stereocenters. The number of fused-ring (bicyclic) bond motifs is 1. The lowest BCUT2D eigenvalue weighted by Crippen LogP contribution is -2.26. The van der Waals surface area contributed by atoms with Gasteiger partial charge in [-0.25, -0.2) is 9.59 Å². The molecule has 0 saturated carbocycles. The molecular weight excluding hydrogens is 410 g/mol. The van der Waals surface area contributed by atoms with E-state index in [1.807, 2.05) is 48.7 Å². The van der Waals surface area contributed by atoms with Crippen LogP contribution < -0.4 is 9.47 Å². The van der Waals surface area contributed by atoms with Crippen molar-refractivity contribution in [1.29, 1.82) is 0 Å². The molecule has 0 radical (unpaired) electrons. The maximum Gasteiger partial charge on any atom is 0.347 e. The highest BCUT2D eigenvalue weighted by Gasteiger charge is 2.23. The second-order valence-corrected chi connectivity index (χ2v) is 7.13. The van der Waals surface area contributed by atoms with E-state index in [0.717, 1.165) is 22.6 Å². The zero-order chi connectivity index (χ0) is 23.3. The highest BCUT2D eigenvalue weighted by atomic mass is 16.6. The van der Waals surface area contributed by atoms with Crippen LogP contribution in [0.5, 0.6) is 11.5 Å². The predicted octanol–water partition coefficient (Wildman–Crippen LogP) is 4.84. The minimum atomic E-state index is -0.771. The van der Waals surface area contributed by atoms with Gasteiger partial charge < -0.3 is 23.5 Å². The van der Waals surface area contributed by atoms with Gasteiger partial charge in [-0.1, -0.05) is 0 Å². The van der Waals surface area contributed by atoms with Gasteiger partial charge in [0.1, 0.15) is 11.5 Å². The maximum atomic E-state index is 12.8. The molecule has 0 fully saturated rings. The van der Waals surface area contributed by atoms with E-state index in [9.17, 15) is 9.59 Å². The third-order valence-corrected chi connectivity index (χ3v) is 4.99. The first-order chi connectivity index (χ1) is 15.4. The number of hydrogen-bond acceptors (Lipinski definition) is 6. The molecule has 0 aliphatic carbocycles. The summed E-state index contributed by atoms with van der Waals surface area (Å²) in [6.45, 7) is 10.1. The summed E-state index contributed by atoms with van der Waals surface area (Å²) >= 11 is 0. The van der Waals surface area contributed by atoms with Crippen LogP contribution in [0.15, 0.2) is 42.5 Å². The minimum absolute atomic E-state index is 0.268. The molecule has 1 heterocycles. The van der Waals surface area contributed by atoms with Crippen LogP contribution in [-0.2, 0) is 14.3 Å². The molecule has 170 valence electrons. The SMILES string of the molecule is CCOC(=O)c1c(C)n(-c2ccc(OCC)cc2)c2ccc(OC(C)C(=O)OCC)cc12. The third-order valence-electron chi connectivity index (χ3n) is 4.99. The van der Waals surface area contributed by atoms with Crippen molar-refractivity contribution in [2.75, 3.05) is 19.8 Å². The normalized spacial score (nSPS) is 11.8. The molecule has 2 aromatic carbocycles. The van der Waals surface area contributed by atoms with E-state index in [2.05, 4.69) is 0 Å². The zero-order valence-electron chi connectivity index (χ0n) is 19.1. The van der Waals surface area contributed by atoms with Crippen molar-refractivity contribution in [1.82, 2.24) is 4.57 Å². The lowest BCUT2D eigenvalue weighted by atomic mass is 10.1. The average Bonchev–Trinajstić information content (AvgIpc) is 3.06. The maximum absolute atomic E-state index is 12.8. The Hall–Kier alpha value is -3.48. The van der Waals surface area contributed by atoms with Gasteiger partial charge in [-0.05, 0) is 77.1 Å². The molecule has 0 aliphatic rings. The number of carbonyl (C=O) groups excluding carboxylic acids is 2. The van der Waals surface area contributed by atoms with Gasteiger partial charge in [0, 0.05) is 16.8 Å². The quantitative estimate of drug-likeness (QED) is 0.444. The van der Waals surface area contributed by atoms with Gasteiger partial charge in [0.05, 0.1) is 30.9 Å². The van der Waals surface area contributed by atoms with Gasteiger partial charge >= 0.3 is 11.9 Å². The Morgan fingerprint density at radius 1 is 0.906 bits per heavy atom. The van der Waals surface area contributed by atoms with Crippen molar-refractivity contribution in [2.45, 2.75) is 40.7 Å². The number of esters is 2. The number of benzene rings is 2. The van der Waals surface area contributed by atoms with E-state index in [4.69, 9.17) is 18.9 Å². The Morgan fingerprint density at radius 3 is 2.19 bits per heavy atom. The first-order valence-electron chi connectivity index (χ1n) is 10.8. The van der Waals surface area contributed by atoms with Crippen LogP contribution in [0, 0.1) is 6.92 Å². The van der Waals surface area contributed by atoms with E-state index in [1.54, 1.807) is 32.9 Å². The third kappa shape index (κ3) is 4.72. The molecule has 0 amide bonds. The van der Waals surface area contributed by atoms with E-state index in [0.29, 0.717) is 23.3 Å². The van der Waals surface area contributed by atoms with Gasteiger partial charge in [0.15, 0.2) is 6.10 Å². The lowest BCUT2D eigenvalue weighted by molar-refractivity contribution is -0.150. The number of carbonyl (C=O) groups is 2. The molecule has 3 rings (SSSR count). The summed E-state index contributed by atoms with van der Waals surface area (Å²) < 4.78 is 23.6. The lowest BCUT2D eigenvalue weighted by Gasteiger charge is -2.14. The Balaban J connectivity index is 2.09. The number of ether oxygens (including phenoxy) is 4. The van der Waals surface area contributed by atoms with E-state index >= 15 is 0 Å². The Labute approximate surface area is 187 Å². The monoisotopic (exact) mass is 439 g/mol. The first-order valence-corrected chi connectivity index (χ1v) is 10.8. The van der Waals surface area contributed by atoms with Crippen LogP contribution in [0.25, 0.3) is 16.6 Å². The predicted molar refractivity (Wildman–Crippen MR) is 122 cm³/mol. The van der Waals surface area contributed by atoms with Crippen molar-refractivity contribution in [3.05, 3.63) is 53.7 Å². The Bertz CT molecular complexity index is 1100. The van der Waals surface area contributed by atoms with Crippen molar-refractivity contribution in [3.8, 4) is 17.2 Å². The average molecular weight is 440 g/mol. The summed E-state index contributed by atoms with van der Waals surface area (Å²) in [6.07, 6.45) is -0.771. The highest BCUT2D eigenvalue weighted by Crippen LogP contribution is 2.33. The van der Waals surface area contributed by atoms with Crippen molar-refractivity contribution in [3.63, 3.8) is 0 Å². The van der Waals surface area contributed by atoms with Crippen LogP contribution in [-0.4, -0.2) is 42.4 Å². The number of rotatable bonds is 9. The van der Waals surface area contributed by atoms with E-state index in [-0.39, 0.29) is 13.2 Å². The summed E-state index contributed by atoms with van der Waals surface area (Å²) in [5, 5.41) is 0.684. The fourth-order valence-electron chi connectivity index (χ4n) is 3.63. The molecule has 0 aliphatic heterocycles. The molecule has 0 N–H and O–H groups in total. The highest BCUT2D eigenvalue weighted by molar-refractivity contribution is 6.07. The number of nitrogens with zero attached hydrogens (tertiary/aromatic N) is 1. The smallest absolute Gasteiger partial charge is 0.347 e. The van der Waals surface area contributed by atoms with Crippen LogP contribution in [0.3, 0.4) is 0 Å². The summed E-state index contributed by atoms with van der Waals surface area (Å²) in [5.74, 6) is 0.392. The summed E-state index contributed by atoms with van der Waals surface area (Å²) in [6, 6.07) is 13.1. The molecule has 32 heavy (non-hydrogen) atoms. The largest absolute Gasteiger partial charge is 0.494 e. The molecule has 0 bridgehead atoms.